The maximum atomic E-state index is 12.0. The van der Waals surface area contributed by atoms with E-state index in [2.05, 4.69) is 31.2 Å². The molecule has 1 unspecified atom stereocenters. The van der Waals surface area contributed by atoms with Gasteiger partial charge in [-0.1, -0.05) is 6.92 Å². The Morgan fingerprint density at radius 3 is 2.12 bits per heavy atom. The zero-order chi connectivity index (χ0) is 17.9. The topological polar surface area (TPSA) is 108 Å². The molecule has 0 saturated carbocycles. The van der Waals surface area contributed by atoms with Crippen molar-refractivity contribution in [1.29, 1.82) is 0 Å². The van der Waals surface area contributed by atoms with E-state index in [1.165, 1.54) is 0 Å². The normalized spacial score (nSPS) is 11.2. The largest absolute Gasteiger partial charge is 0.338 e. The molecule has 0 aliphatic carbocycles. The van der Waals surface area contributed by atoms with E-state index < -0.39 is 0 Å². The number of amides is 4. The summed E-state index contributed by atoms with van der Waals surface area (Å²) in [7, 11) is 0. The molecule has 2 heterocycles. The molecular weight excluding hydrogens is 320 g/mol. The Morgan fingerprint density at radius 1 is 1.00 bits per heavy atom. The van der Waals surface area contributed by atoms with Gasteiger partial charge in [-0.2, -0.15) is 0 Å². The molecule has 132 valence electrons. The Hall–Kier alpha value is -3.16. The minimum atomic E-state index is -0.303. The first-order valence-electron chi connectivity index (χ1n) is 8.09. The Kier molecular flexibility index (Phi) is 7.17. The van der Waals surface area contributed by atoms with Crippen LogP contribution in [0.2, 0.25) is 0 Å². The fourth-order valence-corrected chi connectivity index (χ4v) is 2.14. The average Bonchev–Trinajstić information content (AvgIpc) is 2.62. The molecule has 2 aromatic heterocycles. The molecule has 0 fully saturated rings. The van der Waals surface area contributed by atoms with Crippen LogP contribution in [0.25, 0.3) is 0 Å². The van der Waals surface area contributed by atoms with Crippen LogP contribution in [0, 0.1) is 0 Å². The standard InChI is InChI=1S/C17H22N6O2/c1-2-13(21-17(25)23-15-6-4-9-19-12-15)7-10-20-16(24)22-14-5-3-8-18-11-14/h3-6,8-9,11-13H,2,7,10H2,1H3,(H2,20,22,24)(H2,21,23,25). The van der Waals surface area contributed by atoms with Crippen molar-refractivity contribution in [2.75, 3.05) is 17.2 Å². The Bertz CT molecular complexity index is 665. The second kappa shape index (κ2) is 9.86. The van der Waals surface area contributed by atoms with Gasteiger partial charge in [0.05, 0.1) is 23.8 Å². The highest BCUT2D eigenvalue weighted by atomic mass is 16.2. The average molecular weight is 342 g/mol. The molecule has 4 N–H and O–H groups in total. The molecular formula is C17H22N6O2. The second-order valence-corrected chi connectivity index (χ2v) is 5.36. The molecule has 0 aromatic carbocycles. The van der Waals surface area contributed by atoms with E-state index in [1.54, 1.807) is 49.1 Å². The SMILES string of the molecule is CCC(CCNC(=O)Nc1cccnc1)NC(=O)Nc1cccnc1. The lowest BCUT2D eigenvalue weighted by atomic mass is 10.1. The van der Waals surface area contributed by atoms with E-state index in [4.69, 9.17) is 0 Å². The van der Waals surface area contributed by atoms with E-state index in [0.717, 1.165) is 6.42 Å². The number of nitrogens with zero attached hydrogens (tertiary/aromatic N) is 2. The number of nitrogens with one attached hydrogen (secondary N) is 4. The molecule has 2 aromatic rings. The molecule has 0 spiro atoms. The van der Waals surface area contributed by atoms with Crippen molar-refractivity contribution in [2.24, 2.45) is 0 Å². The van der Waals surface area contributed by atoms with Gasteiger partial charge in [0.25, 0.3) is 0 Å². The van der Waals surface area contributed by atoms with Crippen molar-refractivity contribution in [3.05, 3.63) is 49.1 Å². The van der Waals surface area contributed by atoms with E-state index in [9.17, 15) is 9.59 Å². The third-order valence-corrected chi connectivity index (χ3v) is 3.45. The number of rotatable bonds is 7. The first-order valence-corrected chi connectivity index (χ1v) is 8.09. The smallest absolute Gasteiger partial charge is 0.319 e. The van der Waals surface area contributed by atoms with Crippen LogP contribution in [0.1, 0.15) is 19.8 Å². The molecule has 0 saturated heterocycles. The van der Waals surface area contributed by atoms with Crippen LogP contribution in [0.3, 0.4) is 0 Å². The molecule has 8 nitrogen and oxygen atoms in total. The van der Waals surface area contributed by atoms with E-state index in [1.807, 2.05) is 6.92 Å². The lowest BCUT2D eigenvalue weighted by Gasteiger charge is -2.17. The first kappa shape index (κ1) is 18.2. The lowest BCUT2D eigenvalue weighted by Crippen LogP contribution is -2.40. The van der Waals surface area contributed by atoms with Gasteiger partial charge in [-0.25, -0.2) is 9.59 Å². The van der Waals surface area contributed by atoms with Gasteiger partial charge in [0.2, 0.25) is 0 Å². The number of carbonyl (C=O) groups is 2. The van der Waals surface area contributed by atoms with Crippen LogP contribution >= 0.6 is 0 Å². The van der Waals surface area contributed by atoms with Gasteiger partial charge in [-0.3, -0.25) is 9.97 Å². The first-order chi connectivity index (χ1) is 12.2. The molecule has 4 amide bonds. The van der Waals surface area contributed by atoms with Crippen molar-refractivity contribution in [2.45, 2.75) is 25.8 Å². The van der Waals surface area contributed by atoms with Gasteiger partial charge in [0.1, 0.15) is 0 Å². The zero-order valence-corrected chi connectivity index (χ0v) is 14.0. The third kappa shape index (κ3) is 6.86. The van der Waals surface area contributed by atoms with Crippen LogP contribution in [0.4, 0.5) is 21.0 Å². The molecule has 8 heteroatoms. The highest BCUT2D eigenvalue weighted by Crippen LogP contribution is 2.04. The quantitative estimate of drug-likeness (QED) is 0.620. The number of aromatic nitrogens is 2. The van der Waals surface area contributed by atoms with Crippen molar-refractivity contribution in [3.63, 3.8) is 0 Å². The number of hydrogen-bond donors (Lipinski definition) is 4. The summed E-state index contributed by atoms with van der Waals surface area (Å²) < 4.78 is 0. The number of pyridine rings is 2. The van der Waals surface area contributed by atoms with Crippen LogP contribution in [0.15, 0.2) is 49.1 Å². The Morgan fingerprint density at radius 2 is 1.60 bits per heavy atom. The maximum absolute atomic E-state index is 12.0. The summed E-state index contributed by atoms with van der Waals surface area (Å²) in [6.45, 7) is 2.42. The van der Waals surface area contributed by atoms with Crippen molar-refractivity contribution >= 4 is 23.4 Å². The van der Waals surface area contributed by atoms with E-state index in [0.29, 0.717) is 24.3 Å². The fourth-order valence-electron chi connectivity index (χ4n) is 2.14. The summed E-state index contributed by atoms with van der Waals surface area (Å²) >= 11 is 0. The van der Waals surface area contributed by atoms with E-state index in [-0.39, 0.29) is 18.1 Å². The van der Waals surface area contributed by atoms with Crippen molar-refractivity contribution in [1.82, 2.24) is 20.6 Å². The molecule has 0 aliphatic heterocycles. The summed E-state index contributed by atoms with van der Waals surface area (Å²) in [4.78, 5) is 31.6. The molecule has 2 rings (SSSR count). The molecule has 1 atom stereocenters. The molecule has 0 bridgehead atoms. The minimum absolute atomic E-state index is 0.0460. The second-order valence-electron chi connectivity index (χ2n) is 5.36. The van der Waals surface area contributed by atoms with Crippen molar-refractivity contribution in [3.8, 4) is 0 Å². The number of urea groups is 2. The van der Waals surface area contributed by atoms with Gasteiger partial charge in [-0.05, 0) is 37.1 Å². The van der Waals surface area contributed by atoms with Crippen molar-refractivity contribution < 1.29 is 9.59 Å². The lowest BCUT2D eigenvalue weighted by molar-refractivity contribution is 0.246. The molecule has 0 radical (unpaired) electrons. The van der Waals surface area contributed by atoms with Gasteiger partial charge in [0.15, 0.2) is 0 Å². The predicted octanol–water partition coefficient (Wildman–Crippen LogP) is 2.59. The highest BCUT2D eigenvalue weighted by Gasteiger charge is 2.11. The van der Waals surface area contributed by atoms with Gasteiger partial charge < -0.3 is 21.3 Å². The molecule has 0 aliphatic rings. The third-order valence-electron chi connectivity index (χ3n) is 3.45. The van der Waals surface area contributed by atoms with Crippen LogP contribution in [0.5, 0.6) is 0 Å². The van der Waals surface area contributed by atoms with Gasteiger partial charge in [0, 0.05) is 25.0 Å². The monoisotopic (exact) mass is 342 g/mol. The van der Waals surface area contributed by atoms with E-state index >= 15 is 0 Å². The fraction of sp³-hybridized carbons (Fsp3) is 0.294. The summed E-state index contributed by atoms with van der Waals surface area (Å²) in [5.74, 6) is 0. The summed E-state index contributed by atoms with van der Waals surface area (Å²) in [6, 6.07) is 6.37. The Balaban J connectivity index is 1.69. The summed E-state index contributed by atoms with van der Waals surface area (Å²) in [5.41, 5.74) is 1.25. The predicted molar refractivity (Wildman–Crippen MR) is 96.3 cm³/mol. The van der Waals surface area contributed by atoms with Crippen LogP contribution in [-0.4, -0.2) is 34.6 Å². The van der Waals surface area contributed by atoms with Gasteiger partial charge >= 0.3 is 12.1 Å². The molecule has 25 heavy (non-hydrogen) atoms. The number of hydrogen-bond acceptors (Lipinski definition) is 4. The van der Waals surface area contributed by atoms with Crippen LogP contribution in [-0.2, 0) is 0 Å². The van der Waals surface area contributed by atoms with Crippen LogP contribution < -0.4 is 21.3 Å². The number of carbonyl (C=O) groups excluding carboxylic acids is 2. The number of anilines is 2. The summed E-state index contributed by atoms with van der Waals surface area (Å²) in [6.07, 6.45) is 7.80. The minimum Gasteiger partial charge on any atom is -0.338 e. The maximum Gasteiger partial charge on any atom is 0.319 e. The zero-order valence-electron chi connectivity index (χ0n) is 14.0. The highest BCUT2D eigenvalue weighted by molar-refractivity contribution is 5.89. The van der Waals surface area contributed by atoms with Gasteiger partial charge in [-0.15, -0.1) is 0 Å². The Labute approximate surface area is 146 Å². The summed E-state index contributed by atoms with van der Waals surface area (Å²) in [5, 5.41) is 11.0.